The molecule has 86 heavy (non-hydrogen) atoms. The average molecular weight is 1100 g/mol. The second-order valence-corrected chi connectivity index (χ2v) is 25.2. The van der Waals surface area contributed by atoms with E-state index in [0.29, 0.717) is 0 Å². The van der Waals surface area contributed by atoms with E-state index in [2.05, 4.69) is 349 Å². The highest BCUT2D eigenvalue weighted by atomic mass is 15.2. The van der Waals surface area contributed by atoms with Gasteiger partial charge in [-0.05, 0) is 159 Å². The van der Waals surface area contributed by atoms with E-state index in [0.717, 1.165) is 22.5 Å². The van der Waals surface area contributed by atoms with Crippen molar-refractivity contribution in [3.05, 3.63) is 331 Å². The fourth-order valence-corrected chi connectivity index (χ4v) is 14.4. The quantitative estimate of drug-likeness (QED) is 0.0941. The van der Waals surface area contributed by atoms with Crippen LogP contribution in [0.25, 0.3) is 54.9 Å². The Morgan fingerprint density at radius 1 is 0.244 bits per heavy atom. The van der Waals surface area contributed by atoms with Crippen LogP contribution in [-0.4, -0.2) is 6.71 Å². The van der Waals surface area contributed by atoms with E-state index in [1.165, 1.54) is 116 Å². The number of hydrogen-bond donors (Lipinski definition) is 0. The fourth-order valence-electron chi connectivity index (χ4n) is 14.4. The summed E-state index contributed by atoms with van der Waals surface area (Å²) in [5.74, 6) is 0. The molecule has 412 valence electrons. The van der Waals surface area contributed by atoms with Crippen molar-refractivity contribution in [3.63, 3.8) is 0 Å². The third-order valence-electron chi connectivity index (χ3n) is 19.3. The van der Waals surface area contributed by atoms with Gasteiger partial charge in [0.15, 0.2) is 0 Å². The molecule has 0 aromatic heterocycles. The minimum atomic E-state index is -0.372. The minimum Gasteiger partial charge on any atom is -0.311 e. The lowest BCUT2D eigenvalue weighted by Crippen LogP contribution is -2.61. The minimum absolute atomic E-state index is 0.0819. The molecule has 0 fully saturated rings. The van der Waals surface area contributed by atoms with Crippen LogP contribution in [0.3, 0.4) is 0 Å². The summed E-state index contributed by atoms with van der Waals surface area (Å²) in [4.78, 5) is 5.17. The number of anilines is 6. The second kappa shape index (κ2) is 20.7. The van der Waals surface area contributed by atoms with Gasteiger partial charge in [-0.3, -0.25) is 0 Å². The molecule has 0 saturated carbocycles. The van der Waals surface area contributed by atoms with Crippen molar-refractivity contribution in [2.45, 2.75) is 57.8 Å². The molecular weight excluding hydrogens is 1040 g/mol. The summed E-state index contributed by atoms with van der Waals surface area (Å²) in [6, 6.07) is 112. The van der Waals surface area contributed by atoms with Gasteiger partial charge in [0.05, 0.1) is 0 Å². The zero-order chi connectivity index (χ0) is 58.3. The van der Waals surface area contributed by atoms with Crippen molar-refractivity contribution in [1.82, 2.24) is 0 Å². The molecule has 2 aliphatic rings. The summed E-state index contributed by atoms with van der Waals surface area (Å²) in [5.41, 5.74) is 24.7. The molecule has 0 N–H and O–H groups in total. The van der Waals surface area contributed by atoms with Crippen LogP contribution < -0.4 is 26.2 Å². The van der Waals surface area contributed by atoms with Crippen molar-refractivity contribution in [2.75, 3.05) is 9.80 Å². The molecule has 0 radical (unpaired) electrons. The Kier molecular flexibility index (Phi) is 12.7. The Hall–Kier alpha value is -9.96. The van der Waals surface area contributed by atoms with Gasteiger partial charge in [-0.1, -0.05) is 284 Å². The van der Waals surface area contributed by atoms with E-state index < -0.39 is 0 Å². The van der Waals surface area contributed by atoms with Gasteiger partial charge in [0.2, 0.25) is 0 Å². The lowest BCUT2D eigenvalue weighted by molar-refractivity contribution is 0.641. The zero-order valence-electron chi connectivity index (χ0n) is 49.8. The van der Waals surface area contributed by atoms with Gasteiger partial charge in [0.25, 0.3) is 6.71 Å². The number of hydrogen-bond acceptors (Lipinski definition) is 2. The molecule has 2 aliphatic heterocycles. The summed E-state index contributed by atoms with van der Waals surface area (Å²) in [5, 5.41) is 4.95. The van der Waals surface area contributed by atoms with Crippen LogP contribution in [0.4, 0.5) is 34.1 Å². The van der Waals surface area contributed by atoms with E-state index in [1.807, 2.05) is 0 Å². The zero-order valence-corrected chi connectivity index (χ0v) is 49.8. The molecule has 0 aliphatic carbocycles. The lowest BCUT2D eigenvalue weighted by Gasteiger charge is -2.45. The third-order valence-corrected chi connectivity index (χ3v) is 19.3. The summed E-state index contributed by atoms with van der Waals surface area (Å²) < 4.78 is 0. The predicted octanol–water partition coefficient (Wildman–Crippen LogP) is 20.1. The number of benzene rings is 13. The third kappa shape index (κ3) is 8.62. The maximum atomic E-state index is 2.59. The first kappa shape index (κ1) is 52.8. The monoisotopic (exact) mass is 1100 g/mol. The molecule has 13 aromatic rings. The lowest BCUT2D eigenvalue weighted by atomic mass is 9.33. The molecule has 15 rings (SSSR count). The van der Waals surface area contributed by atoms with Gasteiger partial charge in [-0.2, -0.15) is 0 Å². The largest absolute Gasteiger partial charge is 0.311 e. The van der Waals surface area contributed by atoms with Crippen LogP contribution in [0.1, 0.15) is 74.9 Å². The van der Waals surface area contributed by atoms with E-state index in [1.54, 1.807) is 0 Å². The summed E-state index contributed by atoms with van der Waals surface area (Å²) in [7, 11) is 0. The topological polar surface area (TPSA) is 6.48 Å². The molecular formula is C83H67BN2. The van der Waals surface area contributed by atoms with E-state index in [4.69, 9.17) is 0 Å². The van der Waals surface area contributed by atoms with Gasteiger partial charge in [-0.25, -0.2) is 0 Å². The van der Waals surface area contributed by atoms with E-state index in [9.17, 15) is 0 Å². The van der Waals surface area contributed by atoms with Crippen LogP contribution in [-0.2, 0) is 16.2 Å². The molecule has 0 amide bonds. The van der Waals surface area contributed by atoms with Crippen LogP contribution in [0, 0.1) is 0 Å². The summed E-state index contributed by atoms with van der Waals surface area (Å²) in [6.07, 6.45) is 0. The molecule has 0 atom stereocenters. The SMILES string of the molecule is CC(C)(c1ccccc1)c1cc(-c2cc3c4c(c2)N(c2ccccc2)c2cc(C(C)(C)c5ccccc5)ccc2B4c2ccc(C(C)(C)c4ccccc4)cc2N3c2ccccc2)cc(-c2c3ccccc3c(-c3ccccc3)c3ccccc23)c1. The van der Waals surface area contributed by atoms with Crippen LogP contribution in [0.5, 0.6) is 0 Å². The van der Waals surface area contributed by atoms with Crippen molar-refractivity contribution in [1.29, 1.82) is 0 Å². The first-order valence-electron chi connectivity index (χ1n) is 30.4. The van der Waals surface area contributed by atoms with Crippen molar-refractivity contribution >= 4 is 78.8 Å². The first-order chi connectivity index (χ1) is 41.9. The van der Waals surface area contributed by atoms with Crippen molar-refractivity contribution in [3.8, 4) is 33.4 Å². The number of para-hydroxylation sites is 2. The highest BCUT2D eigenvalue weighted by Gasteiger charge is 2.45. The maximum absolute atomic E-state index is 2.59. The molecule has 0 unspecified atom stereocenters. The van der Waals surface area contributed by atoms with Crippen molar-refractivity contribution in [2.24, 2.45) is 0 Å². The Morgan fingerprint density at radius 2 is 0.570 bits per heavy atom. The first-order valence-corrected chi connectivity index (χ1v) is 30.4. The Bertz CT molecular complexity index is 4480. The van der Waals surface area contributed by atoms with Gasteiger partial charge in [0.1, 0.15) is 0 Å². The number of nitrogens with zero attached hydrogens (tertiary/aromatic N) is 2. The normalized spacial score (nSPS) is 12.9. The predicted molar refractivity (Wildman–Crippen MR) is 367 cm³/mol. The second-order valence-electron chi connectivity index (χ2n) is 25.2. The molecule has 0 saturated heterocycles. The molecule has 3 heteroatoms. The van der Waals surface area contributed by atoms with Crippen LogP contribution in [0.2, 0.25) is 0 Å². The van der Waals surface area contributed by atoms with Crippen LogP contribution >= 0.6 is 0 Å². The fraction of sp³-hybridized carbons (Fsp3) is 0.108. The Labute approximate surface area is 507 Å². The molecule has 0 spiro atoms. The number of fused-ring (bicyclic) bond motifs is 6. The van der Waals surface area contributed by atoms with Crippen LogP contribution in [0.15, 0.2) is 297 Å². The van der Waals surface area contributed by atoms with Gasteiger partial charge >= 0.3 is 0 Å². The van der Waals surface area contributed by atoms with Crippen molar-refractivity contribution < 1.29 is 0 Å². The highest BCUT2D eigenvalue weighted by Crippen LogP contribution is 2.51. The molecule has 0 bridgehead atoms. The van der Waals surface area contributed by atoms with Gasteiger partial charge in [0, 0.05) is 50.4 Å². The van der Waals surface area contributed by atoms with E-state index in [-0.39, 0.29) is 23.0 Å². The Morgan fingerprint density at radius 3 is 0.977 bits per heavy atom. The van der Waals surface area contributed by atoms with E-state index >= 15 is 0 Å². The number of rotatable bonds is 11. The average Bonchev–Trinajstić information content (AvgIpc) is 0.792. The molecule has 2 heterocycles. The van der Waals surface area contributed by atoms with Gasteiger partial charge < -0.3 is 9.80 Å². The highest BCUT2D eigenvalue weighted by molar-refractivity contribution is 7.00. The summed E-state index contributed by atoms with van der Waals surface area (Å²) >= 11 is 0. The molecule has 13 aromatic carbocycles. The standard InChI is InChI=1S/C83H67BN2/c1-81(2,60-31-15-8-16-32-60)63-45-47-72-74(54-63)85(66-37-21-11-22-38-66)76-52-58(53-77-80(76)84(72)73-48-46-64(82(3,4)61-33-17-9-18-34-61)55-75(73)86(77)67-39-23-12-24-40-67)57-49-59(51-65(50-57)83(5,6)62-35-19-10-20-36-62)79-70-43-27-25-41-68(70)78(56-29-13-7-14-30-56)69-42-26-28-44-71(69)79/h7-55H,1-6H3. The molecule has 2 nitrogen and oxygen atoms in total. The smallest absolute Gasteiger partial charge is 0.252 e. The van der Waals surface area contributed by atoms with Gasteiger partial charge in [-0.15, -0.1) is 0 Å². The summed E-state index contributed by atoms with van der Waals surface area (Å²) in [6.45, 7) is 14.2. The Balaban J connectivity index is 1.06. The maximum Gasteiger partial charge on any atom is 0.252 e.